The predicted molar refractivity (Wildman–Crippen MR) is 81.5 cm³/mol. The van der Waals surface area contributed by atoms with Crippen molar-refractivity contribution < 1.29 is 13.2 Å². The molecule has 1 aromatic rings. The van der Waals surface area contributed by atoms with Gasteiger partial charge in [-0.15, -0.1) is 0 Å². The summed E-state index contributed by atoms with van der Waals surface area (Å²) in [6, 6.07) is 4.62. The van der Waals surface area contributed by atoms with E-state index < -0.39 is 11.7 Å². The lowest BCUT2D eigenvalue weighted by molar-refractivity contribution is -0.137. The number of rotatable bonds is 7. The van der Waals surface area contributed by atoms with Gasteiger partial charge in [0, 0.05) is 25.3 Å². The minimum absolute atomic E-state index is 0.264. The Morgan fingerprint density at radius 3 is 2.24 bits per heavy atom. The summed E-state index contributed by atoms with van der Waals surface area (Å²) >= 11 is 0. The first-order valence-electron chi connectivity index (χ1n) is 7.45. The SMILES string of the molecule is CCN(CC)c1ccc(CNCC(C)C)cc1C(F)(F)F. The first-order valence-corrected chi connectivity index (χ1v) is 7.45. The van der Waals surface area contributed by atoms with Crippen LogP contribution in [-0.4, -0.2) is 19.6 Å². The van der Waals surface area contributed by atoms with E-state index in [1.807, 2.05) is 13.8 Å². The third-order valence-corrected chi connectivity index (χ3v) is 3.35. The Hall–Kier alpha value is -1.23. The van der Waals surface area contributed by atoms with Gasteiger partial charge in [-0.2, -0.15) is 13.2 Å². The summed E-state index contributed by atoms with van der Waals surface area (Å²) in [4.78, 5) is 1.73. The minimum Gasteiger partial charge on any atom is -0.372 e. The normalized spacial score (nSPS) is 12.0. The van der Waals surface area contributed by atoms with Crippen LogP contribution < -0.4 is 10.2 Å². The average Bonchev–Trinajstić information content (AvgIpc) is 2.39. The van der Waals surface area contributed by atoms with Crippen molar-refractivity contribution in [2.24, 2.45) is 5.92 Å². The molecule has 0 aliphatic carbocycles. The van der Waals surface area contributed by atoms with Crippen molar-refractivity contribution >= 4 is 5.69 Å². The van der Waals surface area contributed by atoms with Crippen LogP contribution in [0.5, 0.6) is 0 Å². The lowest BCUT2D eigenvalue weighted by Gasteiger charge is -2.25. The van der Waals surface area contributed by atoms with Crippen LogP contribution in [0.3, 0.4) is 0 Å². The van der Waals surface area contributed by atoms with Crippen molar-refractivity contribution in [1.29, 1.82) is 0 Å². The number of nitrogens with one attached hydrogen (secondary N) is 1. The lowest BCUT2D eigenvalue weighted by Crippen LogP contribution is -2.26. The summed E-state index contributed by atoms with van der Waals surface area (Å²) in [6.45, 7) is 10.2. The van der Waals surface area contributed by atoms with Gasteiger partial charge < -0.3 is 10.2 Å². The molecule has 0 saturated heterocycles. The molecule has 0 bridgehead atoms. The topological polar surface area (TPSA) is 15.3 Å². The van der Waals surface area contributed by atoms with Gasteiger partial charge in [-0.1, -0.05) is 19.9 Å². The molecule has 0 atom stereocenters. The number of alkyl halides is 3. The third kappa shape index (κ3) is 5.23. The van der Waals surface area contributed by atoms with Crippen LogP contribution in [0.25, 0.3) is 0 Å². The summed E-state index contributed by atoms with van der Waals surface area (Å²) in [5.41, 5.74) is 0.383. The van der Waals surface area contributed by atoms with Crippen molar-refractivity contribution in [2.75, 3.05) is 24.5 Å². The van der Waals surface area contributed by atoms with E-state index in [1.165, 1.54) is 6.07 Å². The van der Waals surface area contributed by atoms with Gasteiger partial charge in [-0.25, -0.2) is 0 Å². The van der Waals surface area contributed by atoms with E-state index in [-0.39, 0.29) is 5.69 Å². The maximum atomic E-state index is 13.3. The molecule has 0 amide bonds. The van der Waals surface area contributed by atoms with Crippen LogP contribution >= 0.6 is 0 Å². The van der Waals surface area contributed by atoms with Gasteiger partial charge in [0.2, 0.25) is 0 Å². The summed E-state index contributed by atoms with van der Waals surface area (Å²) in [7, 11) is 0. The number of hydrogen-bond acceptors (Lipinski definition) is 2. The number of hydrogen-bond donors (Lipinski definition) is 1. The maximum Gasteiger partial charge on any atom is 0.418 e. The fraction of sp³-hybridized carbons (Fsp3) is 0.625. The Balaban J connectivity index is 3.02. The van der Waals surface area contributed by atoms with E-state index in [4.69, 9.17) is 0 Å². The molecule has 0 heterocycles. The molecule has 5 heteroatoms. The quantitative estimate of drug-likeness (QED) is 0.808. The number of nitrogens with zero attached hydrogens (tertiary/aromatic N) is 1. The van der Waals surface area contributed by atoms with Crippen LogP contribution in [0.2, 0.25) is 0 Å². The first kappa shape index (κ1) is 17.8. The smallest absolute Gasteiger partial charge is 0.372 e. The van der Waals surface area contributed by atoms with Crippen molar-refractivity contribution in [3.63, 3.8) is 0 Å². The molecule has 21 heavy (non-hydrogen) atoms. The van der Waals surface area contributed by atoms with E-state index in [2.05, 4.69) is 19.2 Å². The highest BCUT2D eigenvalue weighted by atomic mass is 19.4. The Morgan fingerprint density at radius 2 is 1.76 bits per heavy atom. The maximum absolute atomic E-state index is 13.3. The van der Waals surface area contributed by atoms with Crippen LogP contribution in [0.4, 0.5) is 18.9 Å². The molecule has 1 rings (SSSR count). The zero-order chi connectivity index (χ0) is 16.0. The zero-order valence-corrected chi connectivity index (χ0v) is 13.2. The highest BCUT2D eigenvalue weighted by Gasteiger charge is 2.34. The zero-order valence-electron chi connectivity index (χ0n) is 13.2. The highest BCUT2D eigenvalue weighted by Crippen LogP contribution is 2.37. The van der Waals surface area contributed by atoms with Crippen molar-refractivity contribution in [3.05, 3.63) is 29.3 Å². The Labute approximate surface area is 125 Å². The molecule has 0 unspecified atom stereocenters. The molecule has 120 valence electrons. The van der Waals surface area contributed by atoms with E-state index in [9.17, 15) is 13.2 Å². The van der Waals surface area contributed by atoms with E-state index in [0.717, 1.165) is 6.54 Å². The predicted octanol–water partition coefficient (Wildman–Crippen LogP) is 4.30. The molecule has 0 saturated carbocycles. The molecule has 0 radical (unpaired) electrons. The molecule has 1 aromatic carbocycles. The second-order valence-electron chi connectivity index (χ2n) is 5.55. The number of anilines is 1. The number of benzene rings is 1. The van der Waals surface area contributed by atoms with Crippen LogP contribution in [-0.2, 0) is 12.7 Å². The fourth-order valence-electron chi connectivity index (χ4n) is 2.27. The van der Waals surface area contributed by atoms with Gasteiger partial charge in [0.15, 0.2) is 0 Å². The van der Waals surface area contributed by atoms with Gasteiger partial charge in [0.25, 0.3) is 0 Å². The van der Waals surface area contributed by atoms with Crippen LogP contribution in [0.1, 0.15) is 38.8 Å². The molecule has 2 nitrogen and oxygen atoms in total. The van der Waals surface area contributed by atoms with Gasteiger partial charge in [0.05, 0.1) is 5.56 Å². The average molecular weight is 302 g/mol. The molecule has 0 aliphatic heterocycles. The summed E-state index contributed by atoms with van der Waals surface area (Å²) < 4.78 is 39.8. The molecule has 1 N–H and O–H groups in total. The lowest BCUT2D eigenvalue weighted by atomic mass is 10.1. The van der Waals surface area contributed by atoms with E-state index in [0.29, 0.717) is 31.1 Å². The van der Waals surface area contributed by atoms with E-state index >= 15 is 0 Å². The number of halogens is 3. The van der Waals surface area contributed by atoms with E-state index in [1.54, 1.807) is 17.0 Å². The van der Waals surface area contributed by atoms with Crippen molar-refractivity contribution in [2.45, 2.75) is 40.4 Å². The largest absolute Gasteiger partial charge is 0.418 e. The Bertz CT molecular complexity index is 438. The second-order valence-corrected chi connectivity index (χ2v) is 5.55. The van der Waals surface area contributed by atoms with Crippen LogP contribution in [0, 0.1) is 5.92 Å². The monoisotopic (exact) mass is 302 g/mol. The van der Waals surface area contributed by atoms with Crippen molar-refractivity contribution in [3.8, 4) is 0 Å². The highest BCUT2D eigenvalue weighted by molar-refractivity contribution is 5.56. The molecule has 0 aliphatic rings. The molecule has 0 aromatic heterocycles. The third-order valence-electron chi connectivity index (χ3n) is 3.35. The standard InChI is InChI=1S/C16H25F3N2/c1-5-21(6-2)15-8-7-13(11-20-10-12(3)4)9-14(15)16(17,18)19/h7-9,12,20H,5-6,10-11H2,1-4H3. The summed E-state index contributed by atoms with van der Waals surface area (Å²) in [5, 5.41) is 3.18. The molecular formula is C16H25F3N2. The fourth-order valence-corrected chi connectivity index (χ4v) is 2.27. The van der Waals surface area contributed by atoms with Crippen LogP contribution in [0.15, 0.2) is 18.2 Å². The van der Waals surface area contributed by atoms with Crippen molar-refractivity contribution in [1.82, 2.24) is 5.32 Å². The van der Waals surface area contributed by atoms with Gasteiger partial charge in [0.1, 0.15) is 0 Å². The van der Waals surface area contributed by atoms with Gasteiger partial charge in [-0.3, -0.25) is 0 Å². The Morgan fingerprint density at radius 1 is 1.14 bits per heavy atom. The molecular weight excluding hydrogens is 277 g/mol. The molecule has 0 spiro atoms. The first-order chi connectivity index (χ1) is 9.79. The Kier molecular flexibility index (Phi) is 6.52. The summed E-state index contributed by atoms with van der Waals surface area (Å²) in [5.74, 6) is 0.474. The molecule has 0 fully saturated rings. The summed E-state index contributed by atoms with van der Waals surface area (Å²) in [6.07, 6.45) is -4.33. The second kappa shape index (κ2) is 7.69. The van der Waals surface area contributed by atoms with Gasteiger partial charge >= 0.3 is 6.18 Å². The van der Waals surface area contributed by atoms with Gasteiger partial charge in [-0.05, 0) is 44.0 Å². The minimum atomic E-state index is -4.33.